The van der Waals surface area contributed by atoms with Crippen LogP contribution >= 0.6 is 11.6 Å². The fourth-order valence-electron chi connectivity index (χ4n) is 1.79. The third-order valence-electron chi connectivity index (χ3n) is 2.83. The smallest absolute Gasteiger partial charge is 0.262 e. The van der Waals surface area contributed by atoms with E-state index in [1.165, 1.54) is 0 Å². The maximum atomic E-state index is 11.8. The first-order chi connectivity index (χ1) is 10.2. The number of hydrogen-bond donors (Lipinski definition) is 2. The second kappa shape index (κ2) is 7.67. The Balaban J connectivity index is 1.85. The Morgan fingerprint density at radius 1 is 1.14 bits per heavy atom. The van der Waals surface area contributed by atoms with Gasteiger partial charge in [0.1, 0.15) is 5.75 Å². The monoisotopic (exact) mass is 305 g/mol. The second-order valence-electron chi connectivity index (χ2n) is 4.44. The van der Waals surface area contributed by atoms with E-state index in [1.54, 1.807) is 36.4 Å². The van der Waals surface area contributed by atoms with Crippen LogP contribution in [0, 0.1) is 0 Å². The van der Waals surface area contributed by atoms with Gasteiger partial charge < -0.3 is 15.2 Å². The molecule has 2 aromatic rings. The van der Waals surface area contributed by atoms with Crippen LogP contribution in [0.1, 0.15) is 5.56 Å². The van der Waals surface area contributed by atoms with Crippen LogP contribution in [0.25, 0.3) is 0 Å². The summed E-state index contributed by atoms with van der Waals surface area (Å²) in [6.07, 6.45) is 0.601. The minimum atomic E-state index is -0.259. The highest BCUT2D eigenvalue weighted by Gasteiger charge is 2.06. The summed E-state index contributed by atoms with van der Waals surface area (Å²) in [4.78, 5) is 11.8. The van der Waals surface area contributed by atoms with Crippen molar-refractivity contribution >= 4 is 23.2 Å². The van der Waals surface area contributed by atoms with Crippen molar-refractivity contribution in [3.05, 3.63) is 59.1 Å². The number of carbonyl (C=O) groups is 1. The van der Waals surface area contributed by atoms with Gasteiger partial charge in [-0.05, 0) is 36.2 Å². The summed E-state index contributed by atoms with van der Waals surface area (Å²) in [6, 6.07) is 14.3. The molecule has 1 amide bonds. The van der Waals surface area contributed by atoms with Crippen LogP contribution in [-0.4, -0.2) is 24.2 Å². The fourth-order valence-corrected chi connectivity index (χ4v) is 1.98. The Kier molecular flexibility index (Phi) is 5.60. The van der Waals surface area contributed by atoms with Crippen LogP contribution in [0.2, 0.25) is 5.02 Å². The Morgan fingerprint density at radius 2 is 1.86 bits per heavy atom. The lowest BCUT2D eigenvalue weighted by Crippen LogP contribution is -2.20. The van der Waals surface area contributed by atoms with Crippen molar-refractivity contribution in [1.82, 2.24) is 0 Å². The van der Waals surface area contributed by atoms with Gasteiger partial charge in [-0.2, -0.15) is 0 Å². The lowest BCUT2D eigenvalue weighted by molar-refractivity contribution is -0.118. The highest BCUT2D eigenvalue weighted by atomic mass is 35.5. The SMILES string of the molecule is O=C(COc1ccccc1Cl)Nc1ccc(CCO)cc1. The summed E-state index contributed by atoms with van der Waals surface area (Å²) in [5, 5.41) is 12.0. The molecule has 0 saturated carbocycles. The number of hydrogen-bond acceptors (Lipinski definition) is 3. The van der Waals surface area contributed by atoms with Gasteiger partial charge in [-0.1, -0.05) is 35.9 Å². The van der Waals surface area contributed by atoms with Crippen LogP contribution < -0.4 is 10.1 Å². The second-order valence-corrected chi connectivity index (χ2v) is 4.85. The molecule has 0 spiro atoms. The molecule has 0 aliphatic carbocycles. The summed E-state index contributed by atoms with van der Waals surface area (Å²) in [7, 11) is 0. The van der Waals surface area contributed by atoms with Crippen LogP contribution in [0.5, 0.6) is 5.75 Å². The minimum absolute atomic E-state index is 0.109. The number of para-hydroxylation sites is 1. The van der Waals surface area contributed by atoms with Gasteiger partial charge >= 0.3 is 0 Å². The molecule has 5 heteroatoms. The zero-order valence-corrected chi connectivity index (χ0v) is 12.1. The summed E-state index contributed by atoms with van der Waals surface area (Å²) < 4.78 is 5.36. The zero-order chi connectivity index (χ0) is 15.1. The molecule has 21 heavy (non-hydrogen) atoms. The van der Waals surface area contributed by atoms with Crippen molar-refractivity contribution in [1.29, 1.82) is 0 Å². The van der Waals surface area contributed by atoms with Crippen molar-refractivity contribution in [2.24, 2.45) is 0 Å². The number of rotatable bonds is 6. The normalized spacial score (nSPS) is 10.2. The molecule has 0 aliphatic heterocycles. The molecule has 0 atom stereocenters. The number of benzene rings is 2. The predicted molar refractivity (Wildman–Crippen MR) is 82.8 cm³/mol. The number of amides is 1. The van der Waals surface area contributed by atoms with Crippen LogP contribution in [0.15, 0.2) is 48.5 Å². The van der Waals surface area contributed by atoms with Crippen LogP contribution in [0.3, 0.4) is 0 Å². The molecular weight excluding hydrogens is 290 g/mol. The predicted octanol–water partition coefficient (Wildman–Crippen LogP) is 2.89. The number of halogens is 1. The third-order valence-corrected chi connectivity index (χ3v) is 3.15. The Bertz CT molecular complexity index is 599. The van der Waals surface area contributed by atoms with Crippen molar-refractivity contribution in [2.45, 2.75) is 6.42 Å². The first-order valence-corrected chi connectivity index (χ1v) is 6.94. The van der Waals surface area contributed by atoms with Gasteiger partial charge in [0.05, 0.1) is 5.02 Å². The maximum Gasteiger partial charge on any atom is 0.262 e. The molecule has 2 N–H and O–H groups in total. The van der Waals surface area contributed by atoms with E-state index in [0.717, 1.165) is 5.56 Å². The van der Waals surface area contributed by atoms with Gasteiger partial charge in [0.2, 0.25) is 0 Å². The molecule has 0 radical (unpaired) electrons. The molecule has 0 bridgehead atoms. The number of aliphatic hydroxyl groups is 1. The summed E-state index contributed by atoms with van der Waals surface area (Å²) in [6.45, 7) is -0.000491. The number of ether oxygens (including phenoxy) is 1. The zero-order valence-electron chi connectivity index (χ0n) is 11.4. The molecule has 4 nitrogen and oxygen atoms in total. The average molecular weight is 306 g/mol. The van der Waals surface area contributed by atoms with Crippen molar-refractivity contribution in [3.63, 3.8) is 0 Å². The number of anilines is 1. The van der Waals surface area contributed by atoms with E-state index in [4.69, 9.17) is 21.4 Å². The fraction of sp³-hybridized carbons (Fsp3) is 0.188. The molecule has 0 aliphatic rings. The average Bonchev–Trinajstić information content (AvgIpc) is 2.49. The molecule has 2 rings (SSSR count). The Hall–Kier alpha value is -2.04. The Labute approximate surface area is 128 Å². The molecular formula is C16H16ClNO3. The molecule has 0 unspecified atom stereocenters. The maximum absolute atomic E-state index is 11.8. The number of nitrogens with one attached hydrogen (secondary N) is 1. The lowest BCUT2D eigenvalue weighted by Gasteiger charge is -2.09. The van der Waals surface area contributed by atoms with Crippen molar-refractivity contribution < 1.29 is 14.6 Å². The van der Waals surface area contributed by atoms with E-state index in [2.05, 4.69) is 5.32 Å². The topological polar surface area (TPSA) is 58.6 Å². The van der Waals surface area contributed by atoms with Gasteiger partial charge in [-0.15, -0.1) is 0 Å². The van der Waals surface area contributed by atoms with Crippen LogP contribution in [-0.2, 0) is 11.2 Å². The van der Waals surface area contributed by atoms with Crippen LogP contribution in [0.4, 0.5) is 5.69 Å². The molecule has 0 saturated heterocycles. The molecule has 0 heterocycles. The quantitative estimate of drug-likeness (QED) is 0.863. The highest BCUT2D eigenvalue weighted by molar-refractivity contribution is 6.32. The van der Waals surface area contributed by atoms with E-state index in [-0.39, 0.29) is 19.1 Å². The number of aliphatic hydroxyl groups excluding tert-OH is 1. The largest absolute Gasteiger partial charge is 0.482 e. The highest BCUT2D eigenvalue weighted by Crippen LogP contribution is 2.22. The van der Waals surface area contributed by atoms with E-state index in [0.29, 0.717) is 22.9 Å². The summed E-state index contributed by atoms with van der Waals surface area (Å²) in [5.41, 5.74) is 1.70. The van der Waals surface area contributed by atoms with Crippen molar-refractivity contribution in [2.75, 3.05) is 18.5 Å². The van der Waals surface area contributed by atoms with Crippen molar-refractivity contribution in [3.8, 4) is 5.75 Å². The van der Waals surface area contributed by atoms with Gasteiger partial charge in [-0.3, -0.25) is 4.79 Å². The number of carbonyl (C=O) groups excluding carboxylic acids is 1. The van der Waals surface area contributed by atoms with E-state index >= 15 is 0 Å². The molecule has 0 aromatic heterocycles. The standard InChI is InChI=1S/C16H16ClNO3/c17-14-3-1-2-4-15(14)21-11-16(20)18-13-7-5-12(6-8-13)9-10-19/h1-8,19H,9-11H2,(H,18,20). The van der Waals surface area contributed by atoms with Gasteiger partial charge in [0.15, 0.2) is 6.61 Å². The van der Waals surface area contributed by atoms with E-state index < -0.39 is 0 Å². The molecule has 110 valence electrons. The Morgan fingerprint density at radius 3 is 2.52 bits per heavy atom. The molecule has 0 fully saturated rings. The summed E-state index contributed by atoms with van der Waals surface area (Å²) >= 11 is 5.94. The first kappa shape index (κ1) is 15.4. The first-order valence-electron chi connectivity index (χ1n) is 6.56. The van der Waals surface area contributed by atoms with E-state index in [1.807, 2.05) is 12.1 Å². The summed E-state index contributed by atoms with van der Waals surface area (Å²) in [5.74, 6) is 0.220. The minimum Gasteiger partial charge on any atom is -0.482 e. The molecule has 2 aromatic carbocycles. The lowest BCUT2D eigenvalue weighted by atomic mass is 10.1. The van der Waals surface area contributed by atoms with Gasteiger partial charge in [-0.25, -0.2) is 0 Å². The van der Waals surface area contributed by atoms with Gasteiger partial charge in [0, 0.05) is 12.3 Å². The van der Waals surface area contributed by atoms with Gasteiger partial charge in [0.25, 0.3) is 5.91 Å². The third kappa shape index (κ3) is 4.77. The van der Waals surface area contributed by atoms with E-state index in [9.17, 15) is 4.79 Å².